The Morgan fingerprint density at radius 3 is 2.63 bits per heavy atom. The largest absolute Gasteiger partial charge is 0.394 e. The number of hydrogen-bond acceptors (Lipinski definition) is 3. The third-order valence-electron chi connectivity index (χ3n) is 4.71. The highest BCUT2D eigenvalue weighted by molar-refractivity contribution is 5.79. The summed E-state index contributed by atoms with van der Waals surface area (Å²) in [5.41, 5.74) is -0.369. The fraction of sp³-hybridized carbons (Fsp3) is 0.933. The molecule has 2 unspecified atom stereocenters. The molecule has 0 bridgehead atoms. The molecule has 0 spiro atoms. The minimum absolute atomic E-state index is 0.0371. The molecule has 19 heavy (non-hydrogen) atoms. The Bertz CT molecular complexity index is 303. The molecule has 0 aliphatic heterocycles. The van der Waals surface area contributed by atoms with E-state index >= 15 is 0 Å². The van der Waals surface area contributed by atoms with Gasteiger partial charge < -0.3 is 15.7 Å². The molecule has 0 saturated heterocycles. The summed E-state index contributed by atoms with van der Waals surface area (Å²) >= 11 is 0. The molecular weight excluding hydrogens is 240 g/mol. The second-order valence-electron chi connectivity index (χ2n) is 6.55. The maximum atomic E-state index is 12.1. The third-order valence-corrected chi connectivity index (χ3v) is 4.71. The van der Waals surface area contributed by atoms with Gasteiger partial charge in [-0.05, 0) is 31.6 Å². The lowest BCUT2D eigenvalue weighted by Crippen LogP contribution is -2.56. The Labute approximate surface area is 116 Å². The van der Waals surface area contributed by atoms with Crippen LogP contribution in [-0.4, -0.2) is 35.7 Å². The van der Waals surface area contributed by atoms with Gasteiger partial charge in [0.2, 0.25) is 5.91 Å². The molecule has 0 aromatic rings. The summed E-state index contributed by atoms with van der Waals surface area (Å²) < 4.78 is 0. The second kappa shape index (κ2) is 6.71. The Kier molecular flexibility index (Phi) is 5.22. The molecule has 110 valence electrons. The van der Waals surface area contributed by atoms with Gasteiger partial charge in [0.1, 0.15) is 0 Å². The maximum Gasteiger partial charge on any atom is 0.234 e. The van der Waals surface area contributed by atoms with E-state index in [1.807, 2.05) is 0 Å². The van der Waals surface area contributed by atoms with Crippen LogP contribution in [0.4, 0.5) is 0 Å². The molecule has 0 aromatic carbocycles. The van der Waals surface area contributed by atoms with Crippen LogP contribution in [0.25, 0.3) is 0 Å². The summed E-state index contributed by atoms with van der Waals surface area (Å²) in [7, 11) is 0. The van der Waals surface area contributed by atoms with E-state index in [1.54, 1.807) is 0 Å². The Hall–Kier alpha value is -0.610. The average Bonchev–Trinajstić information content (AvgIpc) is 2.89. The minimum atomic E-state index is -0.369. The monoisotopic (exact) mass is 268 g/mol. The molecule has 2 aliphatic rings. The fourth-order valence-electron chi connectivity index (χ4n) is 3.66. The summed E-state index contributed by atoms with van der Waals surface area (Å²) in [5, 5.41) is 16.1. The smallest absolute Gasteiger partial charge is 0.234 e. The predicted molar refractivity (Wildman–Crippen MR) is 75.9 cm³/mol. The van der Waals surface area contributed by atoms with E-state index < -0.39 is 0 Å². The van der Waals surface area contributed by atoms with Crippen molar-refractivity contribution in [3.63, 3.8) is 0 Å². The van der Waals surface area contributed by atoms with E-state index in [9.17, 15) is 9.90 Å². The van der Waals surface area contributed by atoms with Crippen LogP contribution in [0.5, 0.6) is 0 Å². The van der Waals surface area contributed by atoms with E-state index in [0.29, 0.717) is 18.5 Å². The Balaban J connectivity index is 1.78. The number of nitrogens with one attached hydrogen (secondary N) is 2. The van der Waals surface area contributed by atoms with Gasteiger partial charge in [0.05, 0.1) is 18.7 Å². The summed E-state index contributed by atoms with van der Waals surface area (Å²) in [4.78, 5) is 12.1. The first-order chi connectivity index (χ1) is 9.13. The molecule has 2 saturated carbocycles. The van der Waals surface area contributed by atoms with Crippen LogP contribution in [-0.2, 0) is 4.79 Å². The van der Waals surface area contributed by atoms with Crippen molar-refractivity contribution >= 4 is 5.91 Å². The molecule has 0 heterocycles. The van der Waals surface area contributed by atoms with Crippen molar-refractivity contribution in [2.75, 3.05) is 13.2 Å². The highest BCUT2D eigenvalue weighted by Gasteiger charge is 2.35. The van der Waals surface area contributed by atoms with Crippen molar-refractivity contribution in [3.8, 4) is 0 Å². The van der Waals surface area contributed by atoms with Gasteiger partial charge in [0.25, 0.3) is 0 Å². The van der Waals surface area contributed by atoms with Crippen LogP contribution in [0.1, 0.15) is 58.3 Å². The van der Waals surface area contributed by atoms with E-state index in [2.05, 4.69) is 17.6 Å². The maximum absolute atomic E-state index is 12.1. The second-order valence-corrected chi connectivity index (χ2v) is 6.55. The molecule has 2 atom stereocenters. The Morgan fingerprint density at radius 1 is 1.26 bits per heavy atom. The third kappa shape index (κ3) is 4.18. The minimum Gasteiger partial charge on any atom is -0.394 e. The predicted octanol–water partition coefficient (Wildman–Crippen LogP) is 1.58. The first kappa shape index (κ1) is 14.8. The van der Waals surface area contributed by atoms with Crippen LogP contribution < -0.4 is 10.6 Å². The number of amides is 1. The zero-order valence-corrected chi connectivity index (χ0v) is 12.1. The van der Waals surface area contributed by atoms with Crippen LogP contribution >= 0.6 is 0 Å². The molecule has 0 radical (unpaired) electrons. The van der Waals surface area contributed by atoms with Crippen LogP contribution in [0.2, 0.25) is 0 Å². The molecule has 4 nitrogen and oxygen atoms in total. The van der Waals surface area contributed by atoms with E-state index in [1.165, 1.54) is 32.1 Å². The van der Waals surface area contributed by atoms with Gasteiger partial charge in [-0.1, -0.05) is 32.6 Å². The van der Waals surface area contributed by atoms with E-state index in [0.717, 1.165) is 19.3 Å². The number of carbonyl (C=O) groups is 1. The zero-order valence-electron chi connectivity index (χ0n) is 12.1. The highest BCUT2D eigenvalue weighted by Crippen LogP contribution is 2.31. The SMILES string of the molecule is CC1CCCC(CO)(NC(=O)CNC2CCCC2)C1. The lowest BCUT2D eigenvalue weighted by Gasteiger charge is -2.39. The standard InChI is InChI=1S/C15H28N2O2/c1-12-5-4-8-15(9-12,11-18)17-14(19)10-16-13-6-2-3-7-13/h12-13,16,18H,2-11H2,1H3,(H,17,19). The van der Waals surface area contributed by atoms with E-state index in [-0.39, 0.29) is 18.1 Å². The van der Waals surface area contributed by atoms with E-state index in [4.69, 9.17) is 0 Å². The van der Waals surface area contributed by atoms with Gasteiger partial charge in [0.15, 0.2) is 0 Å². The lowest BCUT2D eigenvalue weighted by molar-refractivity contribution is -0.123. The van der Waals surface area contributed by atoms with Gasteiger partial charge in [-0.3, -0.25) is 4.79 Å². The average molecular weight is 268 g/mol. The molecule has 2 aliphatic carbocycles. The molecule has 2 rings (SSSR count). The zero-order chi connectivity index (χ0) is 13.7. The number of rotatable bonds is 5. The molecular formula is C15H28N2O2. The summed E-state index contributed by atoms with van der Waals surface area (Å²) in [6.07, 6.45) is 9.04. The number of carbonyl (C=O) groups excluding carboxylic acids is 1. The molecule has 3 N–H and O–H groups in total. The number of aliphatic hydroxyl groups is 1. The Morgan fingerprint density at radius 2 is 2.00 bits per heavy atom. The summed E-state index contributed by atoms with van der Waals surface area (Å²) in [5.74, 6) is 0.624. The van der Waals surface area contributed by atoms with Gasteiger partial charge in [0, 0.05) is 6.04 Å². The molecule has 1 amide bonds. The molecule has 2 fully saturated rings. The van der Waals surface area contributed by atoms with Crippen LogP contribution in [0.15, 0.2) is 0 Å². The van der Waals surface area contributed by atoms with Gasteiger partial charge in [-0.2, -0.15) is 0 Å². The van der Waals surface area contributed by atoms with Crippen LogP contribution in [0.3, 0.4) is 0 Å². The van der Waals surface area contributed by atoms with Crippen molar-refractivity contribution in [1.82, 2.24) is 10.6 Å². The molecule has 0 aromatic heterocycles. The van der Waals surface area contributed by atoms with Crippen molar-refractivity contribution in [2.24, 2.45) is 5.92 Å². The van der Waals surface area contributed by atoms with Crippen LogP contribution in [0, 0.1) is 5.92 Å². The van der Waals surface area contributed by atoms with Crippen molar-refractivity contribution in [2.45, 2.75) is 69.9 Å². The van der Waals surface area contributed by atoms with Gasteiger partial charge in [-0.25, -0.2) is 0 Å². The highest BCUT2D eigenvalue weighted by atomic mass is 16.3. The van der Waals surface area contributed by atoms with Crippen molar-refractivity contribution < 1.29 is 9.90 Å². The quantitative estimate of drug-likeness (QED) is 0.709. The van der Waals surface area contributed by atoms with Crippen molar-refractivity contribution in [1.29, 1.82) is 0 Å². The number of hydrogen-bond donors (Lipinski definition) is 3. The normalized spacial score (nSPS) is 32.4. The summed E-state index contributed by atoms with van der Waals surface area (Å²) in [6, 6.07) is 0.515. The first-order valence-electron chi connectivity index (χ1n) is 7.79. The number of aliphatic hydroxyl groups excluding tert-OH is 1. The first-order valence-corrected chi connectivity index (χ1v) is 7.79. The summed E-state index contributed by atoms with van der Waals surface area (Å²) in [6.45, 7) is 2.65. The van der Waals surface area contributed by atoms with Gasteiger partial charge in [-0.15, -0.1) is 0 Å². The molecule has 4 heteroatoms. The fourth-order valence-corrected chi connectivity index (χ4v) is 3.66. The lowest BCUT2D eigenvalue weighted by atomic mass is 9.77. The van der Waals surface area contributed by atoms with Crippen molar-refractivity contribution in [3.05, 3.63) is 0 Å². The topological polar surface area (TPSA) is 61.4 Å². The van der Waals surface area contributed by atoms with Gasteiger partial charge >= 0.3 is 0 Å².